The molecule has 0 radical (unpaired) electrons. The smallest absolute Gasteiger partial charge is 0.324 e. The van der Waals surface area contributed by atoms with Crippen LogP contribution < -0.4 is 9.62 Å². The fourth-order valence-electron chi connectivity index (χ4n) is 2.42. The normalized spacial score (nSPS) is 11.8. The maximum absolute atomic E-state index is 13.0. The second kappa shape index (κ2) is 8.21. The molecule has 0 aliphatic heterocycles. The molecular weight excluding hydrogens is 427 g/mol. The summed E-state index contributed by atoms with van der Waals surface area (Å²) in [5, 5.41) is 3.91. The molecule has 0 spiro atoms. The van der Waals surface area contributed by atoms with E-state index in [2.05, 4.69) is 10.3 Å². The van der Waals surface area contributed by atoms with Gasteiger partial charge in [-0.1, -0.05) is 24.3 Å². The largest absolute Gasteiger partial charge is 0.416 e. The average Bonchev–Trinajstić information content (AvgIpc) is 3.20. The summed E-state index contributed by atoms with van der Waals surface area (Å²) in [7, 11) is -4.10. The van der Waals surface area contributed by atoms with Gasteiger partial charge in [-0.25, -0.2) is 17.7 Å². The molecule has 3 aromatic rings. The first-order valence-electron chi connectivity index (χ1n) is 8.12. The standard InChI is InChI=1S/C18H14F3N3O3S2/c19-18(20,21)13-5-4-6-14(11-13)23-16(25)12-24(17-22-9-10-28-17)29(26,27)15-7-2-1-3-8-15/h1-11H,12H2,(H,23,25). The fraction of sp³-hybridized carbons (Fsp3) is 0.111. The van der Waals surface area contributed by atoms with Gasteiger partial charge in [0.25, 0.3) is 10.0 Å². The van der Waals surface area contributed by atoms with Crippen molar-refractivity contribution in [2.45, 2.75) is 11.1 Å². The Balaban J connectivity index is 1.85. The number of halogens is 3. The summed E-state index contributed by atoms with van der Waals surface area (Å²) in [6.45, 7) is -0.652. The van der Waals surface area contributed by atoms with Crippen LogP contribution in [0.25, 0.3) is 0 Å². The van der Waals surface area contributed by atoms with Gasteiger partial charge in [-0.15, -0.1) is 11.3 Å². The Morgan fingerprint density at radius 3 is 2.45 bits per heavy atom. The first kappa shape index (κ1) is 20.8. The van der Waals surface area contributed by atoms with Gasteiger partial charge in [0.15, 0.2) is 5.13 Å². The number of sulfonamides is 1. The number of anilines is 2. The van der Waals surface area contributed by atoms with Gasteiger partial charge in [-0.3, -0.25) is 4.79 Å². The number of aromatic nitrogens is 1. The molecule has 1 aromatic heterocycles. The molecule has 29 heavy (non-hydrogen) atoms. The number of thiazole rings is 1. The molecule has 0 unspecified atom stereocenters. The number of rotatable bonds is 6. The number of amides is 1. The molecule has 1 amide bonds. The van der Waals surface area contributed by atoms with Crippen LogP contribution in [0.2, 0.25) is 0 Å². The molecule has 6 nitrogen and oxygen atoms in total. The minimum atomic E-state index is -4.57. The summed E-state index contributed by atoms with van der Waals surface area (Å²) in [5.74, 6) is -0.806. The molecule has 0 saturated heterocycles. The Kier molecular flexibility index (Phi) is 5.89. The van der Waals surface area contributed by atoms with E-state index < -0.39 is 34.2 Å². The van der Waals surface area contributed by atoms with Gasteiger partial charge >= 0.3 is 6.18 Å². The Labute approximate surface area is 168 Å². The highest BCUT2D eigenvalue weighted by molar-refractivity contribution is 7.93. The van der Waals surface area contributed by atoms with E-state index in [0.29, 0.717) is 0 Å². The lowest BCUT2D eigenvalue weighted by Gasteiger charge is -2.21. The molecule has 0 atom stereocenters. The molecule has 0 saturated carbocycles. The minimum Gasteiger partial charge on any atom is -0.324 e. The van der Waals surface area contributed by atoms with Crippen LogP contribution in [0.15, 0.2) is 71.1 Å². The second-order valence-corrected chi connectivity index (χ2v) is 8.50. The van der Waals surface area contributed by atoms with Gasteiger partial charge in [0, 0.05) is 17.3 Å². The van der Waals surface area contributed by atoms with Crippen LogP contribution in [0.1, 0.15) is 5.56 Å². The predicted octanol–water partition coefficient (Wildman–Crippen LogP) is 4.00. The van der Waals surface area contributed by atoms with Crippen LogP contribution in [0.5, 0.6) is 0 Å². The Hall–Kier alpha value is -2.92. The number of alkyl halides is 3. The van der Waals surface area contributed by atoms with E-state index in [0.717, 1.165) is 33.8 Å². The number of nitrogens with zero attached hydrogens (tertiary/aromatic N) is 2. The second-order valence-electron chi connectivity index (χ2n) is 5.77. The van der Waals surface area contributed by atoms with Gasteiger partial charge in [-0.05, 0) is 30.3 Å². The van der Waals surface area contributed by atoms with Crippen molar-refractivity contribution in [3.05, 3.63) is 71.7 Å². The highest BCUT2D eigenvalue weighted by atomic mass is 32.2. The van der Waals surface area contributed by atoms with E-state index in [9.17, 15) is 26.4 Å². The van der Waals surface area contributed by atoms with E-state index >= 15 is 0 Å². The van der Waals surface area contributed by atoms with Crippen LogP contribution in [0.4, 0.5) is 24.0 Å². The summed E-state index contributed by atoms with van der Waals surface area (Å²) in [6, 6.07) is 11.6. The molecule has 3 rings (SSSR count). The molecule has 0 aliphatic carbocycles. The van der Waals surface area contributed by atoms with Gasteiger partial charge in [-0.2, -0.15) is 13.2 Å². The van der Waals surface area contributed by atoms with Crippen molar-refractivity contribution < 1.29 is 26.4 Å². The molecular formula is C18H14F3N3O3S2. The van der Waals surface area contributed by atoms with E-state index in [1.807, 2.05) is 0 Å². The Morgan fingerprint density at radius 1 is 1.10 bits per heavy atom. The number of nitrogens with one attached hydrogen (secondary N) is 1. The molecule has 152 valence electrons. The van der Waals surface area contributed by atoms with Crippen LogP contribution >= 0.6 is 11.3 Å². The summed E-state index contributed by atoms with van der Waals surface area (Å²) < 4.78 is 65.3. The number of carbonyl (C=O) groups is 1. The zero-order valence-electron chi connectivity index (χ0n) is 14.6. The molecule has 11 heteroatoms. The third kappa shape index (κ3) is 4.93. The molecule has 0 bridgehead atoms. The predicted molar refractivity (Wildman–Crippen MR) is 103 cm³/mol. The Bertz CT molecular complexity index is 1090. The van der Waals surface area contributed by atoms with Gasteiger partial charge < -0.3 is 5.32 Å². The van der Waals surface area contributed by atoms with Crippen molar-refractivity contribution in [2.24, 2.45) is 0 Å². The first-order chi connectivity index (χ1) is 13.7. The van der Waals surface area contributed by atoms with Gasteiger partial charge in [0.05, 0.1) is 10.5 Å². The maximum Gasteiger partial charge on any atom is 0.416 e. The van der Waals surface area contributed by atoms with E-state index in [-0.39, 0.29) is 15.7 Å². The summed E-state index contributed by atoms with van der Waals surface area (Å²) in [5.41, 5.74) is -1.02. The molecule has 0 fully saturated rings. The number of hydrogen-bond acceptors (Lipinski definition) is 5. The lowest BCUT2D eigenvalue weighted by molar-refractivity contribution is -0.137. The van der Waals surface area contributed by atoms with E-state index in [4.69, 9.17) is 0 Å². The number of carbonyl (C=O) groups excluding carboxylic acids is 1. The Morgan fingerprint density at radius 2 is 1.83 bits per heavy atom. The zero-order valence-corrected chi connectivity index (χ0v) is 16.3. The highest BCUT2D eigenvalue weighted by Crippen LogP contribution is 2.31. The van der Waals surface area contributed by atoms with Gasteiger partial charge in [0.2, 0.25) is 5.91 Å². The van der Waals surface area contributed by atoms with Crippen molar-refractivity contribution in [1.82, 2.24) is 4.98 Å². The van der Waals surface area contributed by atoms with Crippen molar-refractivity contribution in [1.29, 1.82) is 0 Å². The number of benzene rings is 2. The van der Waals surface area contributed by atoms with Crippen molar-refractivity contribution in [3.63, 3.8) is 0 Å². The zero-order chi connectivity index (χ0) is 21.1. The molecule has 0 aliphatic rings. The van der Waals surface area contributed by atoms with Crippen LogP contribution in [-0.4, -0.2) is 25.9 Å². The highest BCUT2D eigenvalue weighted by Gasteiger charge is 2.31. The third-order valence-electron chi connectivity index (χ3n) is 3.72. The van der Waals surface area contributed by atoms with Crippen molar-refractivity contribution >= 4 is 38.1 Å². The van der Waals surface area contributed by atoms with Gasteiger partial charge in [0.1, 0.15) is 6.54 Å². The lowest BCUT2D eigenvalue weighted by atomic mass is 10.2. The lowest BCUT2D eigenvalue weighted by Crippen LogP contribution is -2.38. The SMILES string of the molecule is O=C(CN(c1nccs1)S(=O)(=O)c1ccccc1)Nc1cccc(C(F)(F)F)c1. The quantitative estimate of drug-likeness (QED) is 0.627. The molecule has 1 N–H and O–H groups in total. The summed E-state index contributed by atoms with van der Waals surface area (Å²) in [4.78, 5) is 16.3. The first-order valence-corrected chi connectivity index (χ1v) is 10.4. The van der Waals surface area contributed by atoms with E-state index in [1.54, 1.807) is 11.4 Å². The summed E-state index contributed by atoms with van der Waals surface area (Å²) >= 11 is 1.01. The fourth-order valence-corrected chi connectivity index (χ4v) is 4.68. The summed E-state index contributed by atoms with van der Waals surface area (Å²) in [6.07, 6.45) is -3.18. The monoisotopic (exact) mass is 441 g/mol. The topological polar surface area (TPSA) is 79.4 Å². The van der Waals surface area contributed by atoms with Crippen LogP contribution in [0, 0.1) is 0 Å². The van der Waals surface area contributed by atoms with Crippen molar-refractivity contribution in [3.8, 4) is 0 Å². The average molecular weight is 441 g/mol. The molecule has 2 aromatic carbocycles. The number of hydrogen-bond donors (Lipinski definition) is 1. The molecule has 1 heterocycles. The van der Waals surface area contributed by atoms with Crippen LogP contribution in [-0.2, 0) is 21.0 Å². The van der Waals surface area contributed by atoms with Crippen LogP contribution in [0.3, 0.4) is 0 Å². The van der Waals surface area contributed by atoms with E-state index in [1.165, 1.54) is 36.5 Å². The third-order valence-corrected chi connectivity index (χ3v) is 6.38. The maximum atomic E-state index is 13.0. The minimum absolute atomic E-state index is 0.0398. The van der Waals surface area contributed by atoms with Crippen molar-refractivity contribution in [2.75, 3.05) is 16.2 Å².